The molecule has 1 saturated heterocycles. The van der Waals surface area contributed by atoms with Gasteiger partial charge >= 0.3 is 0 Å². The van der Waals surface area contributed by atoms with Crippen LogP contribution >= 0.6 is 0 Å². The smallest absolute Gasteiger partial charge is 0.236 e. The fourth-order valence-electron chi connectivity index (χ4n) is 3.84. The monoisotopic (exact) mass is 349 g/mol. The van der Waals surface area contributed by atoms with E-state index in [1.165, 1.54) is 0 Å². The van der Waals surface area contributed by atoms with Gasteiger partial charge in [-0.3, -0.25) is 19.4 Å². The van der Waals surface area contributed by atoms with Crippen LogP contribution < -0.4 is 5.32 Å². The fourth-order valence-corrected chi connectivity index (χ4v) is 3.84. The van der Waals surface area contributed by atoms with Crippen LogP contribution in [0.1, 0.15) is 35.3 Å². The highest BCUT2D eigenvalue weighted by molar-refractivity contribution is 6.07. The molecule has 1 aromatic heterocycles. The van der Waals surface area contributed by atoms with Gasteiger partial charge in [0.15, 0.2) is 5.78 Å². The molecule has 26 heavy (non-hydrogen) atoms. The predicted molar refractivity (Wildman–Crippen MR) is 95.7 cm³/mol. The number of carbonyl (C=O) groups is 3. The number of hydrogen-bond acceptors (Lipinski definition) is 4. The third kappa shape index (κ3) is 2.67. The Morgan fingerprint density at radius 3 is 2.73 bits per heavy atom. The first-order valence-corrected chi connectivity index (χ1v) is 8.73. The van der Waals surface area contributed by atoms with Crippen LogP contribution in [0.15, 0.2) is 48.7 Å². The molecule has 0 aliphatic carbocycles. The Kier molecular flexibility index (Phi) is 4.03. The van der Waals surface area contributed by atoms with E-state index in [4.69, 9.17) is 0 Å². The summed E-state index contributed by atoms with van der Waals surface area (Å²) in [5.41, 5.74) is 1.52. The summed E-state index contributed by atoms with van der Waals surface area (Å²) in [4.78, 5) is 43.0. The Labute approximate surface area is 151 Å². The molecule has 1 unspecified atom stereocenters. The lowest BCUT2D eigenvalue weighted by Crippen LogP contribution is -2.39. The number of amides is 2. The second-order valence-corrected chi connectivity index (χ2v) is 6.79. The molecule has 2 amide bonds. The van der Waals surface area contributed by atoms with Crippen LogP contribution in [0.2, 0.25) is 0 Å². The Morgan fingerprint density at radius 2 is 1.92 bits per heavy atom. The maximum Gasteiger partial charge on any atom is 0.236 e. The summed E-state index contributed by atoms with van der Waals surface area (Å²) in [7, 11) is 0. The molecule has 2 aromatic rings. The molecule has 1 spiro atoms. The number of likely N-dealkylation sites (tertiary alicyclic amines) is 1. The minimum atomic E-state index is -0.656. The van der Waals surface area contributed by atoms with E-state index in [0.29, 0.717) is 25.2 Å². The van der Waals surface area contributed by atoms with Crippen molar-refractivity contribution in [1.82, 2.24) is 9.88 Å². The topological polar surface area (TPSA) is 79.4 Å². The standard InChI is InChI=1S/C20H19N3O3/c24-17(16-7-3-4-11-21-16)8-9-18(25)23-12-10-20(13-23)14-5-1-2-6-15(14)22-19(20)26/h1-7,11H,8-10,12-13H2,(H,22,26). The molecule has 2 aliphatic rings. The van der Waals surface area contributed by atoms with Crippen molar-refractivity contribution in [2.45, 2.75) is 24.7 Å². The second kappa shape index (κ2) is 6.37. The zero-order chi connectivity index (χ0) is 18.1. The van der Waals surface area contributed by atoms with E-state index in [0.717, 1.165) is 11.3 Å². The van der Waals surface area contributed by atoms with Crippen molar-refractivity contribution < 1.29 is 14.4 Å². The Morgan fingerprint density at radius 1 is 1.12 bits per heavy atom. The molecule has 0 radical (unpaired) electrons. The molecule has 132 valence electrons. The molecule has 0 bridgehead atoms. The Bertz CT molecular complexity index is 881. The minimum absolute atomic E-state index is 0.0430. The van der Waals surface area contributed by atoms with Gasteiger partial charge < -0.3 is 10.2 Å². The first-order valence-electron chi connectivity index (χ1n) is 8.73. The van der Waals surface area contributed by atoms with Gasteiger partial charge in [0.05, 0.1) is 5.41 Å². The van der Waals surface area contributed by atoms with Gasteiger partial charge in [-0.25, -0.2) is 0 Å². The van der Waals surface area contributed by atoms with E-state index < -0.39 is 5.41 Å². The van der Waals surface area contributed by atoms with E-state index in [2.05, 4.69) is 10.3 Å². The summed E-state index contributed by atoms with van der Waals surface area (Å²) in [5, 5.41) is 2.92. The molecule has 4 rings (SSSR count). The van der Waals surface area contributed by atoms with Gasteiger partial charge in [0.25, 0.3) is 0 Å². The summed E-state index contributed by atoms with van der Waals surface area (Å²) >= 11 is 0. The molecule has 3 heterocycles. The maximum atomic E-state index is 12.6. The first kappa shape index (κ1) is 16.4. The van der Waals surface area contributed by atoms with Crippen LogP contribution in [0.25, 0.3) is 0 Å². The number of benzene rings is 1. The van der Waals surface area contributed by atoms with Crippen LogP contribution in [-0.4, -0.2) is 40.6 Å². The van der Waals surface area contributed by atoms with Gasteiger partial charge in [-0.2, -0.15) is 0 Å². The average molecular weight is 349 g/mol. The van der Waals surface area contributed by atoms with Crippen molar-refractivity contribution in [2.24, 2.45) is 0 Å². The number of ketones is 1. The third-order valence-corrected chi connectivity index (χ3v) is 5.26. The number of fused-ring (bicyclic) bond motifs is 2. The number of nitrogens with one attached hydrogen (secondary N) is 1. The lowest BCUT2D eigenvalue weighted by molar-refractivity contribution is -0.130. The summed E-state index contributed by atoms with van der Waals surface area (Å²) in [6.07, 6.45) is 2.43. The average Bonchev–Trinajstić information content (AvgIpc) is 3.24. The van der Waals surface area contributed by atoms with E-state index >= 15 is 0 Å². The molecule has 1 atom stereocenters. The highest BCUT2D eigenvalue weighted by atomic mass is 16.2. The lowest BCUT2D eigenvalue weighted by atomic mass is 9.81. The molecule has 6 nitrogen and oxygen atoms in total. The number of Topliss-reactive ketones (excluding diaryl/α,β-unsaturated/α-hetero) is 1. The van der Waals surface area contributed by atoms with Gasteiger partial charge in [0, 0.05) is 37.8 Å². The summed E-state index contributed by atoms with van der Waals surface area (Å²) in [6, 6.07) is 12.8. The van der Waals surface area contributed by atoms with Crippen LogP contribution in [0.4, 0.5) is 5.69 Å². The third-order valence-electron chi connectivity index (χ3n) is 5.26. The molecular formula is C20H19N3O3. The van der Waals surface area contributed by atoms with Crippen molar-refractivity contribution in [2.75, 3.05) is 18.4 Å². The molecular weight excluding hydrogens is 330 g/mol. The van der Waals surface area contributed by atoms with Gasteiger partial charge in [0.2, 0.25) is 11.8 Å². The molecule has 1 fully saturated rings. The summed E-state index contributed by atoms with van der Waals surface area (Å²) < 4.78 is 0. The fraction of sp³-hybridized carbons (Fsp3) is 0.300. The largest absolute Gasteiger partial charge is 0.341 e. The van der Waals surface area contributed by atoms with E-state index in [-0.39, 0.29) is 30.4 Å². The minimum Gasteiger partial charge on any atom is -0.341 e. The van der Waals surface area contributed by atoms with Crippen LogP contribution in [-0.2, 0) is 15.0 Å². The van der Waals surface area contributed by atoms with Crippen molar-refractivity contribution in [3.05, 3.63) is 59.9 Å². The van der Waals surface area contributed by atoms with Crippen molar-refractivity contribution >= 4 is 23.3 Å². The van der Waals surface area contributed by atoms with Crippen LogP contribution in [0, 0.1) is 0 Å². The van der Waals surface area contributed by atoms with Crippen molar-refractivity contribution in [3.63, 3.8) is 0 Å². The molecule has 2 aliphatic heterocycles. The van der Waals surface area contributed by atoms with Gasteiger partial charge in [0.1, 0.15) is 5.69 Å². The SMILES string of the molecule is O=C(CCC(=O)N1CCC2(C1)C(=O)Nc1ccccc12)c1ccccn1. The quantitative estimate of drug-likeness (QED) is 0.858. The van der Waals surface area contributed by atoms with Gasteiger partial charge in [-0.05, 0) is 30.2 Å². The number of rotatable bonds is 4. The zero-order valence-corrected chi connectivity index (χ0v) is 14.3. The number of hydrogen-bond donors (Lipinski definition) is 1. The lowest BCUT2D eigenvalue weighted by Gasteiger charge is -2.22. The highest BCUT2D eigenvalue weighted by Crippen LogP contribution is 2.44. The van der Waals surface area contributed by atoms with E-state index in [1.807, 2.05) is 24.3 Å². The normalized spacial score (nSPS) is 20.9. The first-order chi connectivity index (χ1) is 12.6. The number of pyridine rings is 1. The Hall–Kier alpha value is -3.02. The van der Waals surface area contributed by atoms with Crippen LogP contribution in [0.3, 0.4) is 0 Å². The predicted octanol–water partition coefficient (Wildman–Crippen LogP) is 2.17. The number of nitrogens with zero attached hydrogens (tertiary/aromatic N) is 2. The van der Waals surface area contributed by atoms with Crippen molar-refractivity contribution in [1.29, 1.82) is 0 Å². The maximum absolute atomic E-state index is 12.6. The van der Waals surface area contributed by atoms with Gasteiger partial charge in [-0.1, -0.05) is 24.3 Å². The summed E-state index contributed by atoms with van der Waals surface area (Å²) in [5.74, 6) is -0.279. The second-order valence-electron chi connectivity index (χ2n) is 6.79. The number of aromatic nitrogens is 1. The molecule has 1 N–H and O–H groups in total. The number of carbonyl (C=O) groups excluding carboxylic acids is 3. The molecule has 0 saturated carbocycles. The zero-order valence-electron chi connectivity index (χ0n) is 14.3. The number of anilines is 1. The van der Waals surface area contributed by atoms with Gasteiger partial charge in [-0.15, -0.1) is 0 Å². The van der Waals surface area contributed by atoms with Crippen molar-refractivity contribution in [3.8, 4) is 0 Å². The highest BCUT2D eigenvalue weighted by Gasteiger charge is 2.51. The van der Waals surface area contributed by atoms with E-state index in [1.54, 1.807) is 29.3 Å². The summed E-state index contributed by atoms with van der Waals surface area (Å²) in [6.45, 7) is 0.894. The molecule has 6 heteroatoms. The Balaban J connectivity index is 1.42. The molecule has 1 aromatic carbocycles. The van der Waals surface area contributed by atoms with E-state index in [9.17, 15) is 14.4 Å². The number of para-hydroxylation sites is 1. The van der Waals surface area contributed by atoms with Crippen LogP contribution in [0.5, 0.6) is 0 Å².